The SMILES string of the molecule is CCc1nn(C)cc1CNc1nc(C(=O)O)c(C(C)=O)s1. The van der Waals surface area contributed by atoms with E-state index in [1.54, 1.807) is 4.68 Å². The van der Waals surface area contributed by atoms with Crippen molar-refractivity contribution in [1.29, 1.82) is 0 Å². The number of nitrogens with zero attached hydrogens (tertiary/aromatic N) is 3. The van der Waals surface area contributed by atoms with Crippen LogP contribution < -0.4 is 5.32 Å². The van der Waals surface area contributed by atoms with Gasteiger partial charge in [-0.15, -0.1) is 0 Å². The van der Waals surface area contributed by atoms with E-state index < -0.39 is 5.97 Å². The summed E-state index contributed by atoms with van der Waals surface area (Å²) in [5, 5.41) is 16.9. The van der Waals surface area contributed by atoms with E-state index in [0.29, 0.717) is 11.7 Å². The molecule has 0 saturated carbocycles. The van der Waals surface area contributed by atoms with Gasteiger partial charge in [0.25, 0.3) is 0 Å². The van der Waals surface area contributed by atoms with Gasteiger partial charge in [-0.1, -0.05) is 18.3 Å². The second kappa shape index (κ2) is 6.04. The molecule has 8 heteroatoms. The number of ketones is 1. The van der Waals surface area contributed by atoms with Crippen LogP contribution in [0.1, 0.15) is 45.3 Å². The minimum absolute atomic E-state index is 0.159. The molecule has 21 heavy (non-hydrogen) atoms. The van der Waals surface area contributed by atoms with Crippen molar-refractivity contribution in [1.82, 2.24) is 14.8 Å². The fourth-order valence-electron chi connectivity index (χ4n) is 1.98. The number of nitrogens with one attached hydrogen (secondary N) is 1. The summed E-state index contributed by atoms with van der Waals surface area (Å²) in [5.41, 5.74) is 1.81. The Bertz CT molecular complexity index is 658. The molecule has 0 aliphatic heterocycles. The smallest absolute Gasteiger partial charge is 0.356 e. The summed E-state index contributed by atoms with van der Waals surface area (Å²) in [6.07, 6.45) is 2.72. The Labute approximate surface area is 125 Å². The highest BCUT2D eigenvalue weighted by Crippen LogP contribution is 2.24. The second-order valence-corrected chi connectivity index (χ2v) is 5.54. The van der Waals surface area contributed by atoms with E-state index in [2.05, 4.69) is 15.4 Å². The van der Waals surface area contributed by atoms with Crippen LogP contribution in [0.5, 0.6) is 0 Å². The number of carbonyl (C=O) groups is 2. The number of rotatable bonds is 6. The van der Waals surface area contributed by atoms with Gasteiger partial charge in [0, 0.05) is 32.3 Å². The molecule has 7 nitrogen and oxygen atoms in total. The number of aromatic carboxylic acids is 1. The summed E-state index contributed by atoms with van der Waals surface area (Å²) in [5.74, 6) is -1.49. The summed E-state index contributed by atoms with van der Waals surface area (Å²) < 4.78 is 1.74. The molecule has 0 aromatic carbocycles. The average Bonchev–Trinajstić information content (AvgIpc) is 2.99. The molecule has 2 heterocycles. The summed E-state index contributed by atoms with van der Waals surface area (Å²) >= 11 is 1.06. The van der Waals surface area contributed by atoms with Gasteiger partial charge in [0.05, 0.1) is 5.69 Å². The van der Waals surface area contributed by atoms with Crippen molar-refractivity contribution in [3.05, 3.63) is 28.0 Å². The quantitative estimate of drug-likeness (QED) is 0.792. The van der Waals surface area contributed by atoms with Gasteiger partial charge >= 0.3 is 5.97 Å². The van der Waals surface area contributed by atoms with Gasteiger partial charge in [0.15, 0.2) is 16.6 Å². The average molecular weight is 308 g/mol. The topological polar surface area (TPSA) is 97.1 Å². The third-order valence-electron chi connectivity index (χ3n) is 2.91. The number of hydrogen-bond acceptors (Lipinski definition) is 6. The van der Waals surface area contributed by atoms with Crippen LogP contribution in [-0.4, -0.2) is 31.6 Å². The van der Waals surface area contributed by atoms with Crippen LogP contribution >= 0.6 is 11.3 Å². The highest BCUT2D eigenvalue weighted by Gasteiger charge is 2.20. The molecule has 0 spiro atoms. The van der Waals surface area contributed by atoms with Gasteiger partial charge in [-0.3, -0.25) is 9.48 Å². The number of hydrogen-bond donors (Lipinski definition) is 2. The van der Waals surface area contributed by atoms with Gasteiger partial charge in [0.2, 0.25) is 0 Å². The van der Waals surface area contributed by atoms with Crippen LogP contribution in [0, 0.1) is 0 Å². The number of anilines is 1. The van der Waals surface area contributed by atoms with Crippen LogP contribution in [0.2, 0.25) is 0 Å². The van der Waals surface area contributed by atoms with Crippen molar-refractivity contribution >= 4 is 28.2 Å². The van der Waals surface area contributed by atoms with Crippen molar-refractivity contribution < 1.29 is 14.7 Å². The molecule has 0 saturated heterocycles. The highest BCUT2D eigenvalue weighted by molar-refractivity contribution is 7.17. The van der Waals surface area contributed by atoms with Gasteiger partial charge in [-0.25, -0.2) is 9.78 Å². The standard InChI is InChI=1S/C13H16N4O3S/c1-4-9-8(6-17(3)16-9)5-14-13-15-10(12(19)20)11(21-13)7(2)18/h6H,4-5H2,1-3H3,(H,14,15)(H,19,20). The van der Waals surface area contributed by atoms with Crippen LogP contribution in [0.4, 0.5) is 5.13 Å². The minimum atomic E-state index is -1.19. The Morgan fingerprint density at radius 1 is 1.48 bits per heavy atom. The fraction of sp³-hybridized carbons (Fsp3) is 0.385. The molecule has 0 aliphatic carbocycles. The van der Waals surface area contributed by atoms with Crippen LogP contribution in [0.15, 0.2) is 6.20 Å². The summed E-state index contributed by atoms with van der Waals surface area (Å²) in [6, 6.07) is 0. The first-order valence-electron chi connectivity index (χ1n) is 6.42. The molecule has 2 aromatic rings. The molecule has 2 rings (SSSR count). The Hall–Kier alpha value is -2.22. The third-order valence-corrected chi connectivity index (χ3v) is 4.02. The Morgan fingerprint density at radius 2 is 2.19 bits per heavy atom. The first kappa shape index (κ1) is 15.2. The molecule has 112 valence electrons. The zero-order valence-electron chi connectivity index (χ0n) is 12.0. The number of carboxylic acids is 1. The maximum Gasteiger partial charge on any atom is 0.356 e. The van der Waals surface area contributed by atoms with Crippen molar-refractivity contribution in [3.63, 3.8) is 0 Å². The van der Waals surface area contributed by atoms with E-state index in [4.69, 9.17) is 5.11 Å². The maximum atomic E-state index is 11.4. The van der Waals surface area contributed by atoms with Gasteiger partial charge in [-0.05, 0) is 6.42 Å². The lowest BCUT2D eigenvalue weighted by molar-refractivity contribution is 0.0687. The Kier molecular flexibility index (Phi) is 4.37. The van der Waals surface area contributed by atoms with E-state index in [0.717, 1.165) is 29.0 Å². The number of aryl methyl sites for hydroxylation is 2. The van der Waals surface area contributed by atoms with Gasteiger partial charge in [0.1, 0.15) is 4.88 Å². The van der Waals surface area contributed by atoms with Gasteiger partial charge < -0.3 is 10.4 Å². The van der Waals surface area contributed by atoms with Crippen LogP contribution in [-0.2, 0) is 20.0 Å². The molecule has 0 aliphatic rings. The lowest BCUT2D eigenvalue weighted by Gasteiger charge is -2.01. The zero-order valence-corrected chi connectivity index (χ0v) is 12.8. The normalized spacial score (nSPS) is 10.6. The summed E-state index contributed by atoms with van der Waals surface area (Å²) in [4.78, 5) is 26.6. The fourth-order valence-corrected chi connectivity index (χ4v) is 2.83. The number of thiazole rings is 1. The van der Waals surface area contributed by atoms with E-state index in [-0.39, 0.29) is 16.4 Å². The molecular formula is C13H16N4O3S. The Morgan fingerprint density at radius 3 is 2.71 bits per heavy atom. The number of aromatic nitrogens is 3. The van der Waals surface area contributed by atoms with Crippen LogP contribution in [0.3, 0.4) is 0 Å². The zero-order chi connectivity index (χ0) is 15.6. The lowest BCUT2D eigenvalue weighted by Crippen LogP contribution is -2.04. The number of carbonyl (C=O) groups excluding carboxylic acids is 1. The molecule has 0 amide bonds. The predicted octanol–water partition coefficient (Wildman–Crippen LogP) is 1.95. The van der Waals surface area contributed by atoms with Crippen molar-refractivity contribution in [2.75, 3.05) is 5.32 Å². The largest absolute Gasteiger partial charge is 0.476 e. The first-order chi connectivity index (χ1) is 9.92. The highest BCUT2D eigenvalue weighted by atomic mass is 32.1. The maximum absolute atomic E-state index is 11.4. The lowest BCUT2D eigenvalue weighted by atomic mass is 10.2. The molecular weight excluding hydrogens is 292 g/mol. The van der Waals surface area contributed by atoms with Crippen molar-refractivity contribution in [2.45, 2.75) is 26.8 Å². The number of Topliss-reactive ketones (excluding diaryl/α,β-unsaturated/α-hetero) is 1. The van der Waals surface area contributed by atoms with E-state index in [9.17, 15) is 9.59 Å². The summed E-state index contributed by atoms with van der Waals surface area (Å²) in [6.45, 7) is 3.84. The number of carboxylic acid groups (broad SMARTS) is 1. The van der Waals surface area contributed by atoms with E-state index >= 15 is 0 Å². The third kappa shape index (κ3) is 3.27. The first-order valence-corrected chi connectivity index (χ1v) is 7.24. The molecule has 0 radical (unpaired) electrons. The molecule has 2 N–H and O–H groups in total. The predicted molar refractivity (Wildman–Crippen MR) is 79.0 cm³/mol. The van der Waals surface area contributed by atoms with E-state index in [1.807, 2.05) is 20.2 Å². The molecule has 0 unspecified atom stereocenters. The van der Waals surface area contributed by atoms with E-state index in [1.165, 1.54) is 6.92 Å². The van der Waals surface area contributed by atoms with Crippen molar-refractivity contribution in [2.24, 2.45) is 7.05 Å². The molecule has 0 atom stereocenters. The molecule has 0 fully saturated rings. The second-order valence-electron chi connectivity index (χ2n) is 4.54. The molecule has 0 bridgehead atoms. The van der Waals surface area contributed by atoms with Gasteiger partial charge in [-0.2, -0.15) is 5.10 Å². The van der Waals surface area contributed by atoms with Crippen LogP contribution in [0.25, 0.3) is 0 Å². The monoisotopic (exact) mass is 308 g/mol. The Balaban J connectivity index is 2.18. The van der Waals surface area contributed by atoms with Crippen molar-refractivity contribution in [3.8, 4) is 0 Å². The molecule has 2 aromatic heterocycles. The summed E-state index contributed by atoms with van der Waals surface area (Å²) in [7, 11) is 1.85. The minimum Gasteiger partial charge on any atom is -0.476 e.